The lowest BCUT2D eigenvalue weighted by Gasteiger charge is -2.45. The molecule has 0 radical (unpaired) electrons. The highest BCUT2D eigenvalue weighted by atomic mass is 16.5. The first-order chi connectivity index (χ1) is 7.71. The Morgan fingerprint density at radius 2 is 2.12 bits per heavy atom. The van der Waals surface area contributed by atoms with E-state index in [1.165, 1.54) is 0 Å². The highest BCUT2D eigenvalue weighted by Crippen LogP contribution is 2.62. The average molecular weight is 219 g/mol. The number of hydrogen-bond acceptors (Lipinski definition) is 3. The molecule has 84 valence electrons. The molecule has 1 N–H and O–H groups in total. The molecule has 0 unspecified atom stereocenters. The second kappa shape index (κ2) is 3.04. The van der Waals surface area contributed by atoms with Gasteiger partial charge in [-0.1, -0.05) is 6.07 Å². The van der Waals surface area contributed by atoms with Crippen molar-refractivity contribution in [2.75, 3.05) is 13.2 Å². The third-order valence-electron chi connectivity index (χ3n) is 3.93. The van der Waals surface area contributed by atoms with Gasteiger partial charge in [0.1, 0.15) is 0 Å². The van der Waals surface area contributed by atoms with Crippen molar-refractivity contribution < 1.29 is 14.6 Å². The van der Waals surface area contributed by atoms with Crippen LogP contribution in [0.5, 0.6) is 0 Å². The number of pyridine rings is 1. The molecule has 0 amide bonds. The molecule has 0 bridgehead atoms. The summed E-state index contributed by atoms with van der Waals surface area (Å²) in [4.78, 5) is 15.7. The number of carboxylic acid groups (broad SMARTS) is 1. The van der Waals surface area contributed by atoms with Gasteiger partial charge in [-0.3, -0.25) is 9.78 Å². The molecule has 4 nitrogen and oxygen atoms in total. The van der Waals surface area contributed by atoms with Crippen molar-refractivity contribution in [3.8, 4) is 0 Å². The van der Waals surface area contributed by atoms with Crippen LogP contribution in [0.2, 0.25) is 0 Å². The van der Waals surface area contributed by atoms with E-state index >= 15 is 0 Å². The first-order valence-corrected chi connectivity index (χ1v) is 5.44. The zero-order valence-electron chi connectivity index (χ0n) is 8.85. The van der Waals surface area contributed by atoms with Gasteiger partial charge in [0.25, 0.3) is 0 Å². The molecule has 2 aliphatic rings. The molecule has 1 aromatic rings. The zero-order valence-corrected chi connectivity index (χ0v) is 8.85. The summed E-state index contributed by atoms with van der Waals surface area (Å²) < 4.78 is 5.27. The minimum absolute atomic E-state index is 0.389. The fraction of sp³-hybridized carbons (Fsp3) is 0.500. The van der Waals surface area contributed by atoms with E-state index in [1.807, 2.05) is 18.2 Å². The zero-order chi connectivity index (χ0) is 11.2. The van der Waals surface area contributed by atoms with Crippen LogP contribution in [-0.4, -0.2) is 29.3 Å². The first-order valence-electron chi connectivity index (χ1n) is 5.44. The molecular formula is C12H13NO3. The fourth-order valence-corrected chi connectivity index (χ4v) is 2.64. The van der Waals surface area contributed by atoms with E-state index in [1.54, 1.807) is 6.20 Å². The molecule has 0 spiro atoms. The van der Waals surface area contributed by atoms with E-state index in [-0.39, 0.29) is 5.41 Å². The highest BCUT2D eigenvalue weighted by molar-refractivity contribution is 5.80. The van der Waals surface area contributed by atoms with Crippen LogP contribution in [-0.2, 0) is 14.9 Å². The predicted molar refractivity (Wildman–Crippen MR) is 56.0 cm³/mol. The van der Waals surface area contributed by atoms with Gasteiger partial charge in [-0.25, -0.2) is 0 Å². The molecule has 3 rings (SSSR count). The molecule has 2 fully saturated rings. The Balaban J connectivity index is 2.05. The van der Waals surface area contributed by atoms with Gasteiger partial charge in [0, 0.05) is 6.20 Å². The Morgan fingerprint density at radius 3 is 2.50 bits per heavy atom. The Hall–Kier alpha value is -1.42. The molecular weight excluding hydrogens is 206 g/mol. The van der Waals surface area contributed by atoms with Crippen molar-refractivity contribution in [1.82, 2.24) is 4.98 Å². The summed E-state index contributed by atoms with van der Waals surface area (Å²) in [6.07, 6.45) is 3.19. The van der Waals surface area contributed by atoms with Crippen LogP contribution in [0, 0.1) is 5.41 Å². The van der Waals surface area contributed by atoms with E-state index < -0.39 is 11.4 Å². The van der Waals surface area contributed by atoms with Gasteiger partial charge in [-0.15, -0.1) is 0 Å². The number of ether oxygens (including phenoxy) is 1. The van der Waals surface area contributed by atoms with E-state index in [9.17, 15) is 9.90 Å². The molecule has 1 aliphatic heterocycles. The van der Waals surface area contributed by atoms with Crippen LogP contribution in [0.3, 0.4) is 0 Å². The summed E-state index contributed by atoms with van der Waals surface area (Å²) in [5.41, 5.74) is -0.152. The third kappa shape index (κ3) is 1.02. The van der Waals surface area contributed by atoms with E-state index in [0.717, 1.165) is 18.5 Å². The fourth-order valence-electron chi connectivity index (χ4n) is 2.64. The van der Waals surface area contributed by atoms with Crippen LogP contribution in [0.25, 0.3) is 0 Å². The molecule has 1 saturated heterocycles. The van der Waals surface area contributed by atoms with Crippen LogP contribution in [0.1, 0.15) is 18.5 Å². The molecule has 1 saturated carbocycles. The van der Waals surface area contributed by atoms with Crippen LogP contribution < -0.4 is 0 Å². The summed E-state index contributed by atoms with van der Waals surface area (Å²) >= 11 is 0. The summed E-state index contributed by atoms with van der Waals surface area (Å²) in [6.45, 7) is 0.965. The van der Waals surface area contributed by atoms with Gasteiger partial charge in [0.2, 0.25) is 0 Å². The maximum absolute atomic E-state index is 11.4. The van der Waals surface area contributed by atoms with Gasteiger partial charge >= 0.3 is 5.97 Å². The molecule has 1 aromatic heterocycles. The lowest BCUT2D eigenvalue weighted by Crippen LogP contribution is -2.56. The minimum Gasteiger partial charge on any atom is -0.481 e. The smallest absolute Gasteiger partial charge is 0.310 e. The normalized spacial score (nSPS) is 24.5. The number of carbonyl (C=O) groups is 1. The van der Waals surface area contributed by atoms with Gasteiger partial charge in [0.15, 0.2) is 0 Å². The largest absolute Gasteiger partial charge is 0.481 e. The van der Waals surface area contributed by atoms with Crippen molar-refractivity contribution in [3.63, 3.8) is 0 Å². The van der Waals surface area contributed by atoms with Crippen LogP contribution >= 0.6 is 0 Å². The molecule has 16 heavy (non-hydrogen) atoms. The van der Waals surface area contributed by atoms with E-state index in [2.05, 4.69) is 4.98 Å². The number of aliphatic carboxylic acids is 1. The molecule has 4 heteroatoms. The number of nitrogens with zero attached hydrogens (tertiary/aromatic N) is 1. The van der Waals surface area contributed by atoms with Crippen molar-refractivity contribution in [3.05, 3.63) is 30.1 Å². The maximum atomic E-state index is 11.4. The monoisotopic (exact) mass is 219 g/mol. The number of aromatic nitrogens is 1. The molecule has 2 heterocycles. The lowest BCUT2D eigenvalue weighted by atomic mass is 9.68. The SMILES string of the molecule is O=C(O)C1(C2(c3ccccn3)COC2)CC1. The van der Waals surface area contributed by atoms with Gasteiger partial charge in [-0.05, 0) is 25.0 Å². The highest BCUT2D eigenvalue weighted by Gasteiger charge is 2.69. The van der Waals surface area contributed by atoms with Crippen molar-refractivity contribution in [2.24, 2.45) is 5.41 Å². The maximum Gasteiger partial charge on any atom is 0.310 e. The second-order valence-electron chi connectivity index (χ2n) is 4.68. The van der Waals surface area contributed by atoms with Gasteiger partial charge < -0.3 is 9.84 Å². The summed E-state index contributed by atoms with van der Waals surface area (Å²) in [5, 5.41) is 9.38. The quantitative estimate of drug-likeness (QED) is 0.830. The van der Waals surface area contributed by atoms with Crippen molar-refractivity contribution in [1.29, 1.82) is 0 Å². The summed E-state index contributed by atoms with van der Waals surface area (Å²) in [6, 6.07) is 5.66. The van der Waals surface area contributed by atoms with Gasteiger partial charge in [0.05, 0.1) is 29.7 Å². The van der Waals surface area contributed by atoms with Crippen LogP contribution in [0.4, 0.5) is 0 Å². The van der Waals surface area contributed by atoms with E-state index in [0.29, 0.717) is 13.2 Å². The summed E-state index contributed by atoms with van der Waals surface area (Å²) in [5.74, 6) is -0.707. The Kier molecular flexibility index (Phi) is 1.86. The molecule has 0 atom stereocenters. The topological polar surface area (TPSA) is 59.4 Å². The standard InChI is InChI=1S/C12H13NO3/c14-10(15)11(4-5-11)12(7-16-8-12)9-3-1-2-6-13-9/h1-3,6H,4-5,7-8H2,(H,14,15). The van der Waals surface area contributed by atoms with Crippen LogP contribution in [0.15, 0.2) is 24.4 Å². The van der Waals surface area contributed by atoms with Crippen molar-refractivity contribution in [2.45, 2.75) is 18.3 Å². The third-order valence-corrected chi connectivity index (χ3v) is 3.93. The van der Waals surface area contributed by atoms with Crippen molar-refractivity contribution >= 4 is 5.97 Å². The Labute approximate surface area is 93.3 Å². The molecule has 1 aliphatic carbocycles. The van der Waals surface area contributed by atoms with E-state index in [4.69, 9.17) is 4.74 Å². The summed E-state index contributed by atoms with van der Waals surface area (Å²) in [7, 11) is 0. The Morgan fingerprint density at radius 1 is 1.38 bits per heavy atom. The Bertz CT molecular complexity index is 421. The predicted octanol–water partition coefficient (Wildman–Crippen LogP) is 1.21. The number of hydrogen-bond donors (Lipinski definition) is 1. The molecule has 0 aromatic carbocycles. The number of carboxylic acids is 1. The first kappa shape index (κ1) is 9.78. The average Bonchev–Trinajstić information content (AvgIpc) is 2.99. The van der Waals surface area contributed by atoms with Gasteiger partial charge in [-0.2, -0.15) is 0 Å². The second-order valence-corrected chi connectivity index (χ2v) is 4.68. The number of rotatable bonds is 3. The minimum atomic E-state index is -0.707. The lowest BCUT2D eigenvalue weighted by molar-refractivity contribution is -0.161.